The minimum absolute atomic E-state index is 0.0989. The summed E-state index contributed by atoms with van der Waals surface area (Å²) in [6.45, 7) is 0.694. The Bertz CT molecular complexity index is 589. The Morgan fingerprint density at radius 2 is 2.09 bits per heavy atom. The number of carbonyl (C=O) groups is 2. The van der Waals surface area contributed by atoms with Crippen molar-refractivity contribution in [2.45, 2.75) is 13.1 Å². The number of amides is 1. The topological polar surface area (TPSA) is 79.7 Å². The number of rotatable bonds is 4. The maximum Gasteiger partial charge on any atom is 0.422 e. The van der Waals surface area contributed by atoms with Gasteiger partial charge in [-0.2, -0.15) is 13.2 Å². The zero-order valence-corrected chi connectivity index (χ0v) is 12.2. The summed E-state index contributed by atoms with van der Waals surface area (Å²) < 4.78 is 40.5. The summed E-state index contributed by atoms with van der Waals surface area (Å²) in [7, 11) is 0. The molecule has 0 aliphatic carbocycles. The highest BCUT2D eigenvalue weighted by molar-refractivity contribution is 5.94. The second-order valence-electron chi connectivity index (χ2n) is 5.42. The van der Waals surface area contributed by atoms with E-state index in [4.69, 9.17) is 5.11 Å². The fraction of sp³-hybridized carbons (Fsp3) is 0.500. The maximum absolute atomic E-state index is 12.3. The van der Waals surface area contributed by atoms with E-state index in [-0.39, 0.29) is 23.9 Å². The first-order valence-corrected chi connectivity index (χ1v) is 6.85. The van der Waals surface area contributed by atoms with E-state index in [9.17, 15) is 22.8 Å². The average molecular weight is 332 g/mol. The molecule has 1 aromatic heterocycles. The molecule has 0 spiro atoms. The summed E-state index contributed by atoms with van der Waals surface area (Å²) in [5, 5.41) is 9.06. The lowest BCUT2D eigenvalue weighted by molar-refractivity contribution is -0.154. The van der Waals surface area contributed by atoms with Gasteiger partial charge in [-0.25, -0.2) is 4.98 Å². The van der Waals surface area contributed by atoms with Gasteiger partial charge in [-0.3, -0.25) is 9.59 Å². The standard InChI is InChI=1S/C14H15F3N2O4/c1-8-5-19(6-10(8)13(21)22)12(20)9-2-3-11(18-4-9)23-7-14(15,16)17/h2-4,8,10H,5-7H2,1H3,(H,21,22)/t8-,10-/m1/s1. The molecule has 2 atom stereocenters. The summed E-state index contributed by atoms with van der Waals surface area (Å²) in [4.78, 5) is 28.4. The number of hydrogen-bond donors (Lipinski definition) is 1. The van der Waals surface area contributed by atoms with Crippen molar-refractivity contribution in [1.82, 2.24) is 9.88 Å². The minimum Gasteiger partial charge on any atom is -0.481 e. The molecule has 2 rings (SSSR count). The largest absolute Gasteiger partial charge is 0.481 e. The molecule has 0 unspecified atom stereocenters. The van der Waals surface area contributed by atoms with Gasteiger partial charge in [0.05, 0.1) is 11.5 Å². The Kier molecular flexibility index (Phi) is 4.76. The Labute approximate surface area is 129 Å². The van der Waals surface area contributed by atoms with Crippen LogP contribution in [0.3, 0.4) is 0 Å². The van der Waals surface area contributed by atoms with E-state index < -0.39 is 30.6 Å². The van der Waals surface area contributed by atoms with Crippen molar-refractivity contribution in [3.63, 3.8) is 0 Å². The van der Waals surface area contributed by atoms with E-state index in [1.54, 1.807) is 6.92 Å². The summed E-state index contributed by atoms with van der Waals surface area (Å²) >= 11 is 0. The number of halogens is 3. The first-order valence-electron chi connectivity index (χ1n) is 6.85. The highest BCUT2D eigenvalue weighted by atomic mass is 19.4. The monoisotopic (exact) mass is 332 g/mol. The van der Waals surface area contributed by atoms with Crippen LogP contribution in [0.1, 0.15) is 17.3 Å². The highest BCUT2D eigenvalue weighted by Gasteiger charge is 2.37. The number of carboxylic acids is 1. The number of aromatic nitrogens is 1. The Hall–Kier alpha value is -2.32. The van der Waals surface area contributed by atoms with Crippen molar-refractivity contribution in [3.8, 4) is 5.88 Å². The van der Waals surface area contributed by atoms with Crippen molar-refractivity contribution >= 4 is 11.9 Å². The number of aliphatic carboxylic acids is 1. The third-order valence-electron chi connectivity index (χ3n) is 3.58. The molecule has 1 amide bonds. The number of ether oxygens (including phenoxy) is 1. The van der Waals surface area contributed by atoms with Crippen LogP contribution in [-0.4, -0.2) is 52.7 Å². The molecule has 126 valence electrons. The predicted octanol–water partition coefficient (Wildman–Crippen LogP) is 1.82. The number of nitrogens with zero attached hydrogens (tertiary/aromatic N) is 2. The van der Waals surface area contributed by atoms with Crippen molar-refractivity contribution in [2.75, 3.05) is 19.7 Å². The summed E-state index contributed by atoms with van der Waals surface area (Å²) in [6, 6.07) is 2.48. The lowest BCUT2D eigenvalue weighted by Crippen LogP contribution is -2.30. The number of pyridine rings is 1. The van der Waals surface area contributed by atoms with Gasteiger partial charge in [0.15, 0.2) is 6.61 Å². The van der Waals surface area contributed by atoms with Crippen LogP contribution in [0.15, 0.2) is 18.3 Å². The summed E-state index contributed by atoms with van der Waals surface area (Å²) in [5.74, 6) is -2.39. The van der Waals surface area contributed by atoms with E-state index in [1.165, 1.54) is 17.0 Å². The molecule has 0 aromatic carbocycles. The van der Waals surface area contributed by atoms with Crippen molar-refractivity contribution < 1.29 is 32.6 Å². The Morgan fingerprint density at radius 1 is 1.39 bits per heavy atom. The van der Waals surface area contributed by atoms with E-state index in [2.05, 4.69) is 9.72 Å². The van der Waals surface area contributed by atoms with Crippen LogP contribution in [0.2, 0.25) is 0 Å². The molecule has 1 aliphatic rings. The number of alkyl halides is 3. The first kappa shape index (κ1) is 17.0. The third kappa shape index (κ3) is 4.33. The van der Waals surface area contributed by atoms with Gasteiger partial charge < -0.3 is 14.7 Å². The Morgan fingerprint density at radius 3 is 2.57 bits per heavy atom. The molecule has 1 N–H and O–H groups in total. The minimum atomic E-state index is -4.46. The normalized spacial score (nSPS) is 21.3. The Balaban J connectivity index is 1.99. The molecular weight excluding hydrogens is 317 g/mol. The molecular formula is C14H15F3N2O4. The summed E-state index contributed by atoms with van der Waals surface area (Å²) in [5.41, 5.74) is 0.169. The average Bonchev–Trinajstić information content (AvgIpc) is 2.86. The number of hydrogen-bond acceptors (Lipinski definition) is 4. The van der Waals surface area contributed by atoms with E-state index in [1.807, 2.05) is 0 Å². The van der Waals surface area contributed by atoms with E-state index in [0.717, 1.165) is 6.20 Å². The van der Waals surface area contributed by atoms with Crippen LogP contribution >= 0.6 is 0 Å². The smallest absolute Gasteiger partial charge is 0.422 e. The molecule has 1 aliphatic heterocycles. The predicted molar refractivity (Wildman–Crippen MR) is 72.0 cm³/mol. The van der Waals surface area contributed by atoms with Crippen LogP contribution in [0.4, 0.5) is 13.2 Å². The number of carboxylic acid groups (broad SMARTS) is 1. The van der Waals surface area contributed by atoms with Crippen molar-refractivity contribution in [2.24, 2.45) is 11.8 Å². The number of carbonyl (C=O) groups excluding carboxylic acids is 1. The van der Waals surface area contributed by atoms with Gasteiger partial charge in [0.2, 0.25) is 5.88 Å². The summed E-state index contributed by atoms with van der Waals surface area (Å²) in [6.07, 6.45) is -3.35. The molecule has 1 aromatic rings. The van der Waals surface area contributed by atoms with Crippen LogP contribution in [0, 0.1) is 11.8 Å². The van der Waals surface area contributed by atoms with Gasteiger partial charge in [-0.1, -0.05) is 6.92 Å². The lowest BCUT2D eigenvalue weighted by Gasteiger charge is -2.16. The number of likely N-dealkylation sites (tertiary alicyclic amines) is 1. The first-order chi connectivity index (χ1) is 10.7. The van der Waals surface area contributed by atoms with Gasteiger partial charge in [-0.05, 0) is 12.0 Å². The molecule has 0 radical (unpaired) electrons. The highest BCUT2D eigenvalue weighted by Crippen LogP contribution is 2.25. The fourth-order valence-corrected chi connectivity index (χ4v) is 2.38. The van der Waals surface area contributed by atoms with Gasteiger partial charge in [0.25, 0.3) is 5.91 Å². The lowest BCUT2D eigenvalue weighted by atomic mass is 9.99. The quantitative estimate of drug-likeness (QED) is 0.910. The second kappa shape index (κ2) is 6.43. The molecule has 9 heteroatoms. The molecule has 0 bridgehead atoms. The van der Waals surface area contributed by atoms with Crippen LogP contribution < -0.4 is 4.74 Å². The van der Waals surface area contributed by atoms with Gasteiger partial charge in [-0.15, -0.1) is 0 Å². The maximum atomic E-state index is 12.3. The van der Waals surface area contributed by atoms with Gasteiger partial charge >= 0.3 is 12.1 Å². The van der Waals surface area contributed by atoms with Crippen molar-refractivity contribution in [3.05, 3.63) is 23.9 Å². The zero-order chi connectivity index (χ0) is 17.2. The van der Waals surface area contributed by atoms with Crippen LogP contribution in [0.5, 0.6) is 5.88 Å². The van der Waals surface area contributed by atoms with Crippen molar-refractivity contribution in [1.29, 1.82) is 0 Å². The van der Waals surface area contributed by atoms with E-state index in [0.29, 0.717) is 6.54 Å². The fourth-order valence-electron chi connectivity index (χ4n) is 2.38. The zero-order valence-electron chi connectivity index (χ0n) is 12.2. The molecule has 23 heavy (non-hydrogen) atoms. The van der Waals surface area contributed by atoms with E-state index >= 15 is 0 Å². The van der Waals surface area contributed by atoms with Crippen LogP contribution in [-0.2, 0) is 4.79 Å². The molecule has 2 heterocycles. The second-order valence-corrected chi connectivity index (χ2v) is 5.42. The van der Waals surface area contributed by atoms with Crippen LogP contribution in [0.25, 0.3) is 0 Å². The van der Waals surface area contributed by atoms with Gasteiger partial charge in [0.1, 0.15) is 0 Å². The van der Waals surface area contributed by atoms with Gasteiger partial charge in [0, 0.05) is 25.4 Å². The molecule has 0 saturated carbocycles. The third-order valence-corrected chi connectivity index (χ3v) is 3.58. The molecule has 1 fully saturated rings. The molecule has 1 saturated heterocycles. The molecule has 6 nitrogen and oxygen atoms in total. The SMILES string of the molecule is C[C@@H]1CN(C(=O)c2ccc(OCC(F)(F)F)nc2)C[C@H]1C(=O)O.